The van der Waals surface area contributed by atoms with Crippen molar-refractivity contribution in [2.75, 3.05) is 10.6 Å². The van der Waals surface area contributed by atoms with Crippen LogP contribution in [-0.2, 0) is 16.4 Å². The first kappa shape index (κ1) is 15.1. The average Bonchev–Trinajstić information content (AvgIpc) is 2.42. The minimum atomic E-state index is -3.67. The number of nitrogens with zero attached hydrogens (tertiary/aromatic N) is 1. The smallest absolute Gasteiger partial charge is 0.261 e. The molecule has 0 aliphatic carbocycles. The summed E-state index contributed by atoms with van der Waals surface area (Å²) in [7, 11) is -3.67. The molecule has 0 spiro atoms. The molecule has 1 aromatic carbocycles. The number of halogens is 2. The van der Waals surface area contributed by atoms with Crippen LogP contribution in [0.5, 0.6) is 0 Å². The first-order chi connectivity index (χ1) is 9.53. The number of rotatable bonds is 5. The van der Waals surface area contributed by atoms with Crippen LogP contribution in [0.4, 0.5) is 5.69 Å². The lowest BCUT2D eigenvalue weighted by Crippen LogP contribution is -2.13. The molecule has 1 N–H and O–H groups in total. The van der Waals surface area contributed by atoms with E-state index in [9.17, 15) is 8.42 Å². The summed E-state index contributed by atoms with van der Waals surface area (Å²) in [5.41, 5.74) is 1.23. The number of aromatic nitrogens is 1. The van der Waals surface area contributed by atoms with Crippen LogP contribution >= 0.6 is 23.2 Å². The molecule has 0 bridgehead atoms. The Kier molecular flexibility index (Phi) is 4.86. The molecule has 0 radical (unpaired) electrons. The van der Waals surface area contributed by atoms with Gasteiger partial charge in [0.25, 0.3) is 10.0 Å². The molecule has 0 atom stereocenters. The highest BCUT2D eigenvalue weighted by Gasteiger charge is 2.15. The van der Waals surface area contributed by atoms with Crippen molar-refractivity contribution in [2.45, 2.75) is 11.3 Å². The maximum Gasteiger partial charge on any atom is 0.261 e. The number of hydrogen-bond acceptors (Lipinski definition) is 3. The molecule has 2 aromatic rings. The van der Waals surface area contributed by atoms with Crippen molar-refractivity contribution in [3.63, 3.8) is 0 Å². The summed E-state index contributed by atoms with van der Waals surface area (Å²) in [4.78, 5) is 3.98. The molecule has 0 saturated heterocycles. The molecule has 20 heavy (non-hydrogen) atoms. The van der Waals surface area contributed by atoms with Gasteiger partial charge in [0, 0.05) is 12.1 Å². The van der Waals surface area contributed by atoms with Gasteiger partial charge in [-0.25, -0.2) is 13.4 Å². The van der Waals surface area contributed by atoms with Crippen molar-refractivity contribution in [3.05, 3.63) is 53.3 Å². The first-order valence-corrected chi connectivity index (χ1v) is 8.21. The van der Waals surface area contributed by atoms with E-state index in [2.05, 4.69) is 9.71 Å². The largest absolute Gasteiger partial charge is 0.276 e. The lowest BCUT2D eigenvalue weighted by molar-refractivity contribution is 0.601. The predicted octanol–water partition coefficient (Wildman–Crippen LogP) is 3.32. The van der Waals surface area contributed by atoms with E-state index in [4.69, 9.17) is 23.2 Å². The van der Waals surface area contributed by atoms with Crippen LogP contribution in [0.3, 0.4) is 0 Å². The van der Waals surface area contributed by atoms with Gasteiger partial charge in [0.15, 0.2) is 5.15 Å². The maximum atomic E-state index is 12.2. The molecule has 0 saturated carbocycles. The van der Waals surface area contributed by atoms with E-state index in [1.54, 1.807) is 24.3 Å². The molecule has 1 aromatic heterocycles. The molecule has 0 amide bonds. The Bertz CT molecular complexity index is 688. The van der Waals surface area contributed by atoms with E-state index in [-0.39, 0.29) is 15.7 Å². The van der Waals surface area contributed by atoms with Crippen LogP contribution < -0.4 is 4.72 Å². The van der Waals surface area contributed by atoms with Crippen molar-refractivity contribution in [1.82, 2.24) is 4.98 Å². The zero-order chi connectivity index (χ0) is 14.6. The quantitative estimate of drug-likeness (QED) is 0.675. The van der Waals surface area contributed by atoms with Crippen LogP contribution in [0.15, 0.2) is 47.5 Å². The van der Waals surface area contributed by atoms with E-state index in [1.165, 1.54) is 18.3 Å². The normalized spacial score (nSPS) is 11.3. The Morgan fingerprint density at radius 3 is 2.45 bits per heavy atom. The zero-order valence-corrected chi connectivity index (χ0v) is 12.7. The van der Waals surface area contributed by atoms with Crippen molar-refractivity contribution in [3.8, 4) is 0 Å². The fourth-order valence-corrected chi connectivity index (χ4v) is 3.12. The number of sulfonamides is 1. The molecule has 1 heterocycles. The number of anilines is 1. The molecule has 7 heteroatoms. The lowest BCUT2D eigenvalue weighted by atomic mass is 10.2. The Labute approximate surface area is 127 Å². The molecule has 2 rings (SSSR count). The molecule has 0 unspecified atom stereocenters. The fraction of sp³-hybridized carbons (Fsp3) is 0.154. The van der Waals surface area contributed by atoms with Crippen LogP contribution in [0.1, 0.15) is 5.56 Å². The van der Waals surface area contributed by atoms with Gasteiger partial charge in [-0.3, -0.25) is 4.72 Å². The van der Waals surface area contributed by atoms with E-state index >= 15 is 0 Å². The second kappa shape index (κ2) is 6.43. The van der Waals surface area contributed by atoms with Crippen molar-refractivity contribution < 1.29 is 8.42 Å². The number of hydrogen-bond donors (Lipinski definition) is 1. The third kappa shape index (κ3) is 3.62. The van der Waals surface area contributed by atoms with E-state index in [1.807, 2.05) is 0 Å². The summed E-state index contributed by atoms with van der Waals surface area (Å²) in [6, 6.07) is 9.70. The Morgan fingerprint density at radius 1 is 1.15 bits per heavy atom. The minimum absolute atomic E-state index is 0.106. The minimum Gasteiger partial charge on any atom is -0.276 e. The number of benzene rings is 1. The third-order valence-electron chi connectivity index (χ3n) is 2.62. The van der Waals surface area contributed by atoms with Crippen molar-refractivity contribution in [1.29, 1.82) is 0 Å². The summed E-state index contributed by atoms with van der Waals surface area (Å²) in [5.74, 6) is 0.496. The van der Waals surface area contributed by atoms with E-state index in [0.717, 1.165) is 5.56 Å². The second-order valence-corrected chi connectivity index (χ2v) is 6.45. The number of alkyl halides is 1. The fourth-order valence-electron chi connectivity index (χ4n) is 1.61. The third-order valence-corrected chi connectivity index (χ3v) is 4.49. The maximum absolute atomic E-state index is 12.2. The summed E-state index contributed by atoms with van der Waals surface area (Å²) < 4.78 is 26.8. The van der Waals surface area contributed by atoms with Gasteiger partial charge in [-0.05, 0) is 36.2 Å². The predicted molar refractivity (Wildman–Crippen MR) is 80.9 cm³/mol. The number of aryl methyl sites for hydroxylation is 1. The van der Waals surface area contributed by atoms with Gasteiger partial charge < -0.3 is 0 Å². The Hall–Kier alpha value is -1.30. The molecule has 0 aliphatic rings. The summed E-state index contributed by atoms with van der Waals surface area (Å²) in [6.45, 7) is 0. The SMILES string of the molecule is O=S(=O)(Nc1cccnc1Cl)c1ccc(CCCl)cc1. The van der Waals surface area contributed by atoms with E-state index < -0.39 is 10.0 Å². The second-order valence-electron chi connectivity index (χ2n) is 4.03. The Morgan fingerprint density at radius 2 is 1.85 bits per heavy atom. The van der Waals surface area contributed by atoms with Gasteiger partial charge in [-0.15, -0.1) is 11.6 Å². The molecule has 0 fully saturated rings. The number of pyridine rings is 1. The molecular weight excluding hydrogens is 319 g/mol. The highest BCUT2D eigenvalue weighted by atomic mass is 35.5. The van der Waals surface area contributed by atoms with E-state index in [0.29, 0.717) is 12.3 Å². The topological polar surface area (TPSA) is 59.1 Å². The van der Waals surface area contributed by atoms with Gasteiger partial charge in [-0.2, -0.15) is 0 Å². The van der Waals surface area contributed by atoms with Gasteiger partial charge in [-0.1, -0.05) is 23.7 Å². The van der Waals surface area contributed by atoms with Gasteiger partial charge in [0.1, 0.15) is 0 Å². The highest BCUT2D eigenvalue weighted by Crippen LogP contribution is 2.22. The van der Waals surface area contributed by atoms with Crippen LogP contribution in [-0.4, -0.2) is 19.3 Å². The highest BCUT2D eigenvalue weighted by molar-refractivity contribution is 7.92. The van der Waals surface area contributed by atoms with Gasteiger partial charge in [0.2, 0.25) is 0 Å². The van der Waals surface area contributed by atoms with Crippen LogP contribution in [0, 0.1) is 0 Å². The number of nitrogens with one attached hydrogen (secondary N) is 1. The van der Waals surface area contributed by atoms with Crippen LogP contribution in [0.25, 0.3) is 0 Å². The average molecular weight is 331 g/mol. The first-order valence-electron chi connectivity index (χ1n) is 5.81. The molecule has 106 valence electrons. The summed E-state index contributed by atoms with van der Waals surface area (Å²) in [6.07, 6.45) is 2.19. The monoisotopic (exact) mass is 330 g/mol. The summed E-state index contributed by atoms with van der Waals surface area (Å²) in [5, 5.41) is 0.106. The molecule has 0 aliphatic heterocycles. The molecule has 4 nitrogen and oxygen atoms in total. The lowest BCUT2D eigenvalue weighted by Gasteiger charge is -2.09. The zero-order valence-electron chi connectivity index (χ0n) is 10.4. The van der Waals surface area contributed by atoms with Gasteiger partial charge in [0.05, 0.1) is 10.6 Å². The molecular formula is C13H12Cl2N2O2S. The summed E-state index contributed by atoms with van der Waals surface area (Å²) >= 11 is 11.5. The van der Waals surface area contributed by atoms with Gasteiger partial charge >= 0.3 is 0 Å². The van der Waals surface area contributed by atoms with Crippen molar-refractivity contribution in [2.24, 2.45) is 0 Å². The van der Waals surface area contributed by atoms with Crippen molar-refractivity contribution >= 4 is 38.9 Å². The standard InChI is InChI=1S/C13H12Cl2N2O2S/c14-8-7-10-3-5-11(6-4-10)20(18,19)17-12-2-1-9-16-13(12)15/h1-6,9,17H,7-8H2. The Balaban J connectivity index is 2.24. The van der Waals surface area contributed by atoms with Crippen LogP contribution in [0.2, 0.25) is 5.15 Å².